The first-order valence-electron chi connectivity index (χ1n) is 30.7. The minimum absolute atomic E-state index is 0.0764. The van der Waals surface area contributed by atoms with Crippen LogP contribution in [0.15, 0.2) is 66.7 Å². The number of likely N-dealkylation sites (tertiary alicyclic amines) is 2. The van der Waals surface area contributed by atoms with Crippen molar-refractivity contribution in [2.45, 2.75) is 181 Å². The fourth-order valence-electron chi connectivity index (χ4n) is 11.9. The summed E-state index contributed by atoms with van der Waals surface area (Å²) in [7, 11) is 6.13. The third-order valence-electron chi connectivity index (χ3n) is 17.2. The number of nitrogens with zero attached hydrogens (tertiary/aromatic N) is 5. The summed E-state index contributed by atoms with van der Waals surface area (Å²) in [6.07, 6.45) is 4.07. The lowest BCUT2D eigenvalue weighted by Crippen LogP contribution is -2.60. The van der Waals surface area contributed by atoms with Crippen molar-refractivity contribution in [3.63, 3.8) is 0 Å². The van der Waals surface area contributed by atoms with Crippen LogP contribution in [-0.4, -0.2) is 192 Å². The van der Waals surface area contributed by atoms with Crippen LogP contribution in [0.4, 0.5) is 10.5 Å². The lowest BCUT2D eigenvalue weighted by molar-refractivity contribution is -0.148. The van der Waals surface area contributed by atoms with E-state index in [9.17, 15) is 53.1 Å². The molecule has 0 bridgehead atoms. The summed E-state index contributed by atoms with van der Waals surface area (Å²) >= 11 is 0. The van der Waals surface area contributed by atoms with Crippen LogP contribution in [0.25, 0.3) is 0 Å². The maximum Gasteiger partial charge on any atom is 0.410 e. The molecule has 3 aliphatic rings. The molecule has 0 aromatic heterocycles. The summed E-state index contributed by atoms with van der Waals surface area (Å²) in [4.78, 5) is 140. The molecule has 0 aliphatic carbocycles. The van der Waals surface area contributed by atoms with E-state index in [0.717, 1.165) is 4.90 Å². The number of aliphatic hydroxyl groups excluding tert-OH is 1. The van der Waals surface area contributed by atoms with Gasteiger partial charge in [-0.15, -0.1) is 0 Å². The largest absolute Gasteiger partial charge is 0.445 e. The number of ether oxygens (including phenoxy) is 3. The van der Waals surface area contributed by atoms with E-state index in [0.29, 0.717) is 81.3 Å². The summed E-state index contributed by atoms with van der Waals surface area (Å²) in [6.45, 7) is 15.3. The van der Waals surface area contributed by atoms with Crippen LogP contribution in [0.3, 0.4) is 0 Å². The maximum absolute atomic E-state index is 14.8. The molecule has 87 heavy (non-hydrogen) atoms. The van der Waals surface area contributed by atoms with Crippen LogP contribution in [0, 0.1) is 23.7 Å². The molecule has 0 unspecified atom stereocenters. The first-order valence-corrected chi connectivity index (χ1v) is 30.7. The highest BCUT2D eigenvalue weighted by atomic mass is 16.6. The normalized spacial score (nSPS) is 19.0. The number of methoxy groups -OCH3 is 2. The van der Waals surface area contributed by atoms with Crippen LogP contribution in [0.1, 0.15) is 137 Å². The average Bonchev–Trinajstić information content (AvgIpc) is 3.37. The van der Waals surface area contributed by atoms with Crippen LogP contribution >= 0.6 is 0 Å². The van der Waals surface area contributed by atoms with Crippen LogP contribution in [-0.2, 0) is 64.0 Å². The molecule has 0 saturated carbocycles. The van der Waals surface area contributed by atoms with E-state index >= 15 is 0 Å². The number of imide groups is 1. The zero-order chi connectivity index (χ0) is 64.2. The topological polar surface area (TPSA) is 283 Å². The molecule has 5 N–H and O–H groups in total. The summed E-state index contributed by atoms with van der Waals surface area (Å²) < 4.78 is 17.7. The number of hydrogen-bond donors (Lipinski definition) is 5. The number of unbranched alkanes of at least 4 members (excludes halogenated alkanes) is 2. The fraction of sp³-hybridized carbons (Fsp3) is 0.625. The van der Waals surface area contributed by atoms with Gasteiger partial charge in [0, 0.05) is 72.2 Å². The van der Waals surface area contributed by atoms with E-state index in [-0.39, 0.29) is 73.9 Å². The molecule has 5 rings (SSSR count). The molecule has 3 heterocycles. The number of nitrogens with one attached hydrogen (secondary N) is 4. The smallest absolute Gasteiger partial charge is 0.410 e. The lowest BCUT2D eigenvalue weighted by atomic mass is 9.89. The molecule has 11 atom stereocenters. The predicted octanol–water partition coefficient (Wildman–Crippen LogP) is 5.11. The van der Waals surface area contributed by atoms with Crippen LogP contribution < -0.4 is 21.3 Å². The van der Waals surface area contributed by atoms with Crippen molar-refractivity contribution >= 4 is 64.9 Å². The Kier molecular flexibility index (Phi) is 27.4. The summed E-state index contributed by atoms with van der Waals surface area (Å²) in [5.41, 5.74) is 1.71. The Bertz CT molecular complexity index is 2690. The quantitative estimate of drug-likeness (QED) is 0.0471. The number of aliphatic hydroxyl groups is 1. The van der Waals surface area contributed by atoms with Gasteiger partial charge in [-0.05, 0) is 86.5 Å². The van der Waals surface area contributed by atoms with Gasteiger partial charge in [0.05, 0.1) is 55.3 Å². The van der Waals surface area contributed by atoms with Crippen molar-refractivity contribution < 1.29 is 67.3 Å². The number of rotatable bonds is 32. The van der Waals surface area contributed by atoms with Gasteiger partial charge < -0.3 is 55.3 Å². The Morgan fingerprint density at radius 2 is 1.38 bits per heavy atom. The zero-order valence-electron chi connectivity index (χ0n) is 53.0. The summed E-state index contributed by atoms with van der Waals surface area (Å²) in [5.74, 6) is -4.94. The number of benzene rings is 2. The van der Waals surface area contributed by atoms with Gasteiger partial charge in [-0.25, -0.2) is 4.79 Å². The van der Waals surface area contributed by atoms with Crippen molar-refractivity contribution in [2.24, 2.45) is 23.7 Å². The van der Waals surface area contributed by atoms with E-state index in [1.54, 1.807) is 80.9 Å². The van der Waals surface area contributed by atoms with Gasteiger partial charge in [-0.3, -0.25) is 53.0 Å². The Morgan fingerprint density at radius 1 is 0.736 bits per heavy atom. The van der Waals surface area contributed by atoms with Gasteiger partial charge in [0.15, 0.2) is 0 Å². The standard InChI is InChI=1S/C64H95N9O14/c1-13-41(6)57(49(85-11)36-53(77)71-34-20-24-47(71)59(86-12)42(7)60(80)66-43(8)58(79)45-22-16-14-17-23-45)69(9)63(83)55(39(2)3)68-62(82)56(40(4)5)70(10)64(84)87-38-44-27-29-46(30-28-44)67-61(81)48-25-21-35-72(48)54(78)37-65-50(74)26-18-15-19-33-73-51(75)31-32-52(73)76/h14,16-17,22-23,27-32,39-43,47-49,55-59,79H,13,15,18-21,24-26,33-38H2,1-12H3,(H,65,74)(H,66,80)(H,67,81)(H,68,82)/t41-,42+,43+,47-,48-,49+,55-,56-,57-,58+,59+/m0/s1. The van der Waals surface area contributed by atoms with Gasteiger partial charge in [0.2, 0.25) is 41.4 Å². The molecule has 3 aliphatic heterocycles. The molecule has 2 aromatic rings. The van der Waals surface area contributed by atoms with Crippen molar-refractivity contribution in [3.8, 4) is 0 Å². The monoisotopic (exact) mass is 1210 g/mol. The van der Waals surface area contributed by atoms with Gasteiger partial charge in [0.1, 0.15) is 24.7 Å². The second-order valence-electron chi connectivity index (χ2n) is 24.0. The number of hydrogen-bond acceptors (Lipinski definition) is 14. The van der Waals surface area contributed by atoms with E-state index in [1.807, 2.05) is 45.9 Å². The van der Waals surface area contributed by atoms with Gasteiger partial charge in [-0.2, -0.15) is 0 Å². The molecule has 2 saturated heterocycles. The third kappa shape index (κ3) is 19.1. The van der Waals surface area contributed by atoms with Crippen LogP contribution in [0.5, 0.6) is 0 Å². The summed E-state index contributed by atoms with van der Waals surface area (Å²) in [5, 5.41) is 22.3. The van der Waals surface area contributed by atoms with E-state index in [1.165, 1.54) is 43.2 Å². The molecular formula is C64H95N9O14. The Balaban J connectivity index is 1.12. The number of amides is 10. The molecule has 23 nitrogen and oxygen atoms in total. The third-order valence-corrected chi connectivity index (χ3v) is 17.2. The Morgan fingerprint density at radius 3 is 1.99 bits per heavy atom. The molecule has 2 aromatic carbocycles. The highest BCUT2D eigenvalue weighted by Gasteiger charge is 2.44. The highest BCUT2D eigenvalue weighted by molar-refractivity contribution is 6.12. The molecular weight excluding hydrogens is 1120 g/mol. The fourth-order valence-corrected chi connectivity index (χ4v) is 11.9. The maximum atomic E-state index is 14.8. The van der Waals surface area contributed by atoms with Gasteiger partial charge >= 0.3 is 6.09 Å². The SMILES string of the molecule is CC[C@H](C)[C@@H]([C@@H](CC(=O)N1CCC[C@H]1[C@H](OC)[C@@H](C)C(=O)N[C@H](C)[C@@H](O)c1ccccc1)OC)N(C)C(=O)[C@@H](NC(=O)[C@H](C(C)C)N(C)C(=O)OCc1ccc(NC(=O)[C@@H]2CCCN2C(=O)CNC(=O)CCCCCN2C(=O)C=CC2=O)cc1)C(C)C. The van der Waals surface area contributed by atoms with Crippen molar-refractivity contribution in [2.75, 3.05) is 59.8 Å². The number of carbonyl (C=O) groups is 10. The van der Waals surface area contributed by atoms with Crippen molar-refractivity contribution in [1.82, 2.24) is 40.4 Å². The second kappa shape index (κ2) is 33.8. The van der Waals surface area contributed by atoms with E-state index < -0.39 is 96.1 Å². The molecule has 480 valence electrons. The van der Waals surface area contributed by atoms with E-state index in [2.05, 4.69) is 21.3 Å². The van der Waals surface area contributed by atoms with Gasteiger partial charge in [0.25, 0.3) is 11.8 Å². The zero-order valence-corrected chi connectivity index (χ0v) is 53.0. The molecule has 10 amide bonds. The second-order valence-corrected chi connectivity index (χ2v) is 24.0. The number of carbonyl (C=O) groups excluding carboxylic acids is 10. The van der Waals surface area contributed by atoms with Crippen molar-refractivity contribution in [3.05, 3.63) is 77.9 Å². The van der Waals surface area contributed by atoms with Crippen molar-refractivity contribution in [1.29, 1.82) is 0 Å². The summed E-state index contributed by atoms with van der Waals surface area (Å²) in [6, 6.07) is 11.2. The Labute approximate surface area is 513 Å². The molecule has 0 spiro atoms. The first kappa shape index (κ1) is 70.5. The first-order chi connectivity index (χ1) is 41.3. The predicted molar refractivity (Wildman–Crippen MR) is 326 cm³/mol. The number of likely N-dealkylation sites (N-methyl/N-ethyl adjacent to an activating group) is 2. The van der Waals surface area contributed by atoms with Gasteiger partial charge in [-0.1, -0.05) is 104 Å². The highest BCUT2D eigenvalue weighted by Crippen LogP contribution is 2.31. The molecule has 2 fully saturated rings. The minimum Gasteiger partial charge on any atom is -0.445 e. The lowest BCUT2D eigenvalue weighted by Gasteiger charge is -2.41. The molecule has 23 heteroatoms. The average molecular weight is 1210 g/mol. The Hall–Kier alpha value is -7.24. The van der Waals surface area contributed by atoms with Crippen LogP contribution in [0.2, 0.25) is 0 Å². The molecule has 0 radical (unpaired) electrons. The van der Waals surface area contributed by atoms with E-state index in [4.69, 9.17) is 14.2 Å². The minimum atomic E-state index is -1.05. The number of anilines is 1.